The van der Waals surface area contributed by atoms with Crippen molar-refractivity contribution in [1.82, 2.24) is 19.6 Å². The van der Waals surface area contributed by atoms with E-state index in [9.17, 15) is 4.79 Å². The van der Waals surface area contributed by atoms with Crippen LogP contribution in [0, 0.1) is 0 Å². The van der Waals surface area contributed by atoms with Crippen LogP contribution in [-0.2, 0) is 13.0 Å². The van der Waals surface area contributed by atoms with Crippen LogP contribution >= 0.6 is 11.3 Å². The smallest absolute Gasteiger partial charge is 0.275 e. The fourth-order valence-electron chi connectivity index (χ4n) is 2.64. The van der Waals surface area contributed by atoms with Gasteiger partial charge >= 0.3 is 0 Å². The molecule has 4 rings (SSSR count). The summed E-state index contributed by atoms with van der Waals surface area (Å²) in [6.45, 7) is 2.61. The van der Waals surface area contributed by atoms with Crippen LogP contribution in [0.3, 0.4) is 0 Å². The average molecular weight is 363 g/mol. The molecule has 3 heterocycles. The average Bonchev–Trinajstić information content (AvgIpc) is 3.11. The maximum Gasteiger partial charge on any atom is 0.275 e. The molecule has 0 amide bonds. The molecular formula is C19H17N5OS. The molecule has 1 N–H and O–H groups in total. The summed E-state index contributed by atoms with van der Waals surface area (Å²) >= 11 is 1.38. The molecule has 0 aliphatic carbocycles. The summed E-state index contributed by atoms with van der Waals surface area (Å²) in [5, 5.41) is 8.26. The van der Waals surface area contributed by atoms with Crippen LogP contribution in [-0.4, -0.2) is 19.6 Å². The third kappa shape index (κ3) is 3.34. The van der Waals surface area contributed by atoms with Gasteiger partial charge in [0.2, 0.25) is 10.1 Å². The van der Waals surface area contributed by atoms with Crippen LogP contribution in [0.5, 0.6) is 0 Å². The standard InChI is InChI=1S/C19H17N5OS/c1-2-16-10-17(25)24-19(22-16)26-18(23-24)21-11-13-5-7-14(8-6-13)15-4-3-9-20-12-15/h3-10,12H,2,11H2,1H3,(H,21,23). The molecule has 0 radical (unpaired) electrons. The molecule has 0 saturated heterocycles. The number of aryl methyl sites for hydroxylation is 1. The summed E-state index contributed by atoms with van der Waals surface area (Å²) in [5.74, 6) is 0. The Morgan fingerprint density at radius 3 is 2.73 bits per heavy atom. The Kier molecular flexibility index (Phi) is 4.45. The molecule has 1 aromatic carbocycles. The molecule has 0 aliphatic rings. The van der Waals surface area contributed by atoms with E-state index >= 15 is 0 Å². The lowest BCUT2D eigenvalue weighted by Crippen LogP contribution is -2.15. The minimum absolute atomic E-state index is 0.142. The summed E-state index contributed by atoms with van der Waals surface area (Å²) in [4.78, 5) is 21.3. The number of pyridine rings is 1. The van der Waals surface area contributed by atoms with E-state index < -0.39 is 0 Å². The second-order valence-electron chi connectivity index (χ2n) is 5.83. The number of benzene rings is 1. The summed E-state index contributed by atoms with van der Waals surface area (Å²) in [6, 6.07) is 13.8. The highest BCUT2D eigenvalue weighted by Gasteiger charge is 2.08. The molecule has 0 aliphatic heterocycles. The first-order chi connectivity index (χ1) is 12.7. The van der Waals surface area contributed by atoms with Crippen LogP contribution in [0.4, 0.5) is 5.13 Å². The molecule has 7 heteroatoms. The van der Waals surface area contributed by atoms with Crippen molar-refractivity contribution in [3.8, 4) is 11.1 Å². The number of nitrogens with zero attached hydrogens (tertiary/aromatic N) is 4. The molecule has 0 spiro atoms. The van der Waals surface area contributed by atoms with E-state index in [-0.39, 0.29) is 5.56 Å². The number of aromatic nitrogens is 4. The Labute approximate surface area is 154 Å². The summed E-state index contributed by atoms with van der Waals surface area (Å²) in [5.41, 5.74) is 4.00. The second-order valence-corrected chi connectivity index (χ2v) is 6.79. The zero-order chi connectivity index (χ0) is 17.9. The van der Waals surface area contributed by atoms with Gasteiger partial charge in [-0.25, -0.2) is 4.98 Å². The van der Waals surface area contributed by atoms with Crippen molar-refractivity contribution < 1.29 is 0 Å². The molecule has 0 fully saturated rings. The van der Waals surface area contributed by atoms with Gasteiger partial charge < -0.3 is 5.32 Å². The van der Waals surface area contributed by atoms with Crippen LogP contribution < -0.4 is 10.9 Å². The molecule has 0 saturated carbocycles. The van der Waals surface area contributed by atoms with Gasteiger partial charge in [0.05, 0.1) is 0 Å². The van der Waals surface area contributed by atoms with E-state index in [1.54, 1.807) is 6.20 Å². The fraction of sp³-hybridized carbons (Fsp3) is 0.158. The van der Waals surface area contributed by atoms with Gasteiger partial charge in [-0.1, -0.05) is 48.6 Å². The van der Waals surface area contributed by atoms with Gasteiger partial charge in [-0.05, 0) is 29.2 Å². The fourth-order valence-corrected chi connectivity index (χ4v) is 3.45. The topological polar surface area (TPSA) is 72.2 Å². The summed E-state index contributed by atoms with van der Waals surface area (Å²) in [6.07, 6.45) is 4.35. The van der Waals surface area contributed by atoms with Crippen molar-refractivity contribution in [3.63, 3.8) is 0 Å². The maximum atomic E-state index is 12.1. The first-order valence-electron chi connectivity index (χ1n) is 8.36. The molecule has 130 valence electrons. The Hall–Kier alpha value is -3.06. The largest absolute Gasteiger partial charge is 0.356 e. The summed E-state index contributed by atoms with van der Waals surface area (Å²) < 4.78 is 1.34. The van der Waals surface area contributed by atoms with E-state index in [1.165, 1.54) is 21.9 Å². The molecule has 3 aromatic heterocycles. The molecule has 4 aromatic rings. The highest BCUT2D eigenvalue weighted by Crippen LogP contribution is 2.20. The molecular weight excluding hydrogens is 346 g/mol. The molecule has 0 unspecified atom stereocenters. The van der Waals surface area contributed by atoms with Gasteiger partial charge in [0.15, 0.2) is 0 Å². The lowest BCUT2D eigenvalue weighted by Gasteiger charge is -2.05. The monoisotopic (exact) mass is 363 g/mol. The van der Waals surface area contributed by atoms with Crippen LogP contribution in [0.2, 0.25) is 0 Å². The van der Waals surface area contributed by atoms with E-state index in [1.807, 2.05) is 25.3 Å². The van der Waals surface area contributed by atoms with Crippen molar-refractivity contribution in [3.05, 3.63) is 76.5 Å². The normalized spacial score (nSPS) is 11.0. The number of anilines is 1. The third-order valence-electron chi connectivity index (χ3n) is 4.05. The van der Waals surface area contributed by atoms with Crippen LogP contribution in [0.1, 0.15) is 18.2 Å². The zero-order valence-corrected chi connectivity index (χ0v) is 15.0. The number of rotatable bonds is 5. The maximum absolute atomic E-state index is 12.1. The van der Waals surface area contributed by atoms with Gasteiger partial charge in [0, 0.05) is 30.7 Å². The van der Waals surface area contributed by atoms with Crippen molar-refractivity contribution in [2.45, 2.75) is 19.9 Å². The van der Waals surface area contributed by atoms with Gasteiger partial charge in [-0.2, -0.15) is 4.52 Å². The Morgan fingerprint density at radius 2 is 2.00 bits per heavy atom. The van der Waals surface area contributed by atoms with Crippen molar-refractivity contribution in [1.29, 1.82) is 0 Å². The van der Waals surface area contributed by atoms with Crippen LogP contribution in [0.25, 0.3) is 16.1 Å². The number of fused-ring (bicyclic) bond motifs is 1. The van der Waals surface area contributed by atoms with E-state index in [0.717, 1.165) is 28.8 Å². The SMILES string of the molecule is CCc1cc(=O)n2nc(NCc3ccc(-c4cccnc4)cc3)sc2n1. The van der Waals surface area contributed by atoms with Gasteiger partial charge in [0.25, 0.3) is 5.56 Å². The van der Waals surface area contributed by atoms with Gasteiger partial charge in [-0.15, -0.1) is 5.10 Å². The minimum Gasteiger partial charge on any atom is -0.356 e. The predicted molar refractivity (Wildman–Crippen MR) is 104 cm³/mol. The van der Waals surface area contributed by atoms with Gasteiger partial charge in [-0.3, -0.25) is 9.78 Å². The van der Waals surface area contributed by atoms with Gasteiger partial charge in [0.1, 0.15) is 0 Å². The first kappa shape index (κ1) is 16.4. The molecule has 26 heavy (non-hydrogen) atoms. The number of nitrogens with one attached hydrogen (secondary N) is 1. The quantitative estimate of drug-likeness (QED) is 0.588. The lowest BCUT2D eigenvalue weighted by molar-refractivity contribution is 0.874. The third-order valence-corrected chi connectivity index (χ3v) is 4.92. The lowest BCUT2D eigenvalue weighted by atomic mass is 10.1. The van der Waals surface area contributed by atoms with Crippen molar-refractivity contribution >= 4 is 21.4 Å². The van der Waals surface area contributed by atoms with Crippen LogP contribution in [0.15, 0.2) is 59.7 Å². The summed E-state index contributed by atoms with van der Waals surface area (Å²) in [7, 11) is 0. The van der Waals surface area contributed by atoms with Crippen molar-refractivity contribution in [2.75, 3.05) is 5.32 Å². The molecule has 6 nitrogen and oxygen atoms in total. The minimum atomic E-state index is -0.142. The Morgan fingerprint density at radius 1 is 1.15 bits per heavy atom. The highest BCUT2D eigenvalue weighted by atomic mass is 32.1. The number of hydrogen-bond donors (Lipinski definition) is 1. The first-order valence-corrected chi connectivity index (χ1v) is 9.17. The molecule has 0 bridgehead atoms. The second kappa shape index (κ2) is 7.05. The Balaban J connectivity index is 1.49. The zero-order valence-electron chi connectivity index (χ0n) is 14.2. The predicted octanol–water partition coefficient (Wildman–Crippen LogP) is 3.39. The molecule has 0 atom stereocenters. The number of hydrogen-bond acceptors (Lipinski definition) is 6. The van der Waals surface area contributed by atoms with E-state index in [2.05, 4.69) is 44.6 Å². The van der Waals surface area contributed by atoms with E-state index in [4.69, 9.17) is 0 Å². The van der Waals surface area contributed by atoms with E-state index in [0.29, 0.717) is 16.6 Å². The Bertz CT molecular complexity index is 1090. The van der Waals surface area contributed by atoms with Crippen molar-refractivity contribution in [2.24, 2.45) is 0 Å². The highest BCUT2D eigenvalue weighted by molar-refractivity contribution is 7.20.